The molecule has 118 valence electrons. The van der Waals surface area contributed by atoms with Crippen molar-refractivity contribution in [2.24, 2.45) is 5.92 Å². The summed E-state index contributed by atoms with van der Waals surface area (Å²) in [5.74, 6) is -0.790. The monoisotopic (exact) mass is 306 g/mol. The van der Waals surface area contributed by atoms with Crippen molar-refractivity contribution < 1.29 is 14.3 Å². The smallest absolute Gasteiger partial charge is 0.222 e. The molecule has 0 aromatic carbocycles. The molecule has 7 heteroatoms. The maximum Gasteiger partial charge on any atom is 0.222 e. The Kier molecular flexibility index (Phi) is 4.93. The van der Waals surface area contributed by atoms with E-state index in [0.717, 1.165) is 6.20 Å². The van der Waals surface area contributed by atoms with Crippen molar-refractivity contribution in [3.05, 3.63) is 23.8 Å². The molecule has 0 bridgehead atoms. The first-order valence-corrected chi connectivity index (χ1v) is 7.07. The first kappa shape index (κ1) is 16.2. The Morgan fingerprint density at radius 2 is 2.32 bits per heavy atom. The van der Waals surface area contributed by atoms with Gasteiger partial charge in [0.15, 0.2) is 5.82 Å². The fourth-order valence-corrected chi connectivity index (χ4v) is 2.55. The van der Waals surface area contributed by atoms with Crippen LogP contribution in [0, 0.1) is 23.1 Å². The first-order chi connectivity index (χ1) is 10.4. The molecule has 1 aliphatic heterocycles. The molecule has 1 saturated heterocycles. The number of halogens is 1. The van der Waals surface area contributed by atoms with Gasteiger partial charge < -0.3 is 14.9 Å². The van der Waals surface area contributed by atoms with E-state index >= 15 is 0 Å². The van der Waals surface area contributed by atoms with Gasteiger partial charge in [-0.1, -0.05) is 0 Å². The predicted molar refractivity (Wildman–Crippen MR) is 78.5 cm³/mol. The van der Waals surface area contributed by atoms with Gasteiger partial charge in [0.1, 0.15) is 0 Å². The topological polar surface area (TPSA) is 80.5 Å². The minimum atomic E-state index is -0.684. The zero-order chi connectivity index (χ0) is 16.3. The highest BCUT2D eigenvalue weighted by atomic mass is 19.1. The third-order valence-electron chi connectivity index (χ3n) is 3.83. The molecule has 2 heterocycles. The maximum absolute atomic E-state index is 14.0. The van der Waals surface area contributed by atoms with Crippen LogP contribution in [0.3, 0.4) is 0 Å². The molecule has 0 spiro atoms. The number of aromatic nitrogens is 1. The van der Waals surface area contributed by atoms with Crippen LogP contribution in [0.25, 0.3) is 0 Å². The Hall–Kier alpha value is -2.20. The number of carbonyl (C=O) groups is 1. The molecule has 0 saturated carbocycles. The van der Waals surface area contributed by atoms with Crippen LogP contribution < -0.4 is 4.90 Å². The predicted octanol–water partition coefficient (Wildman–Crippen LogP) is 0.562. The number of aliphatic hydroxyl groups is 1. The van der Waals surface area contributed by atoms with Gasteiger partial charge in [-0.05, 0) is 6.07 Å². The molecule has 6 nitrogen and oxygen atoms in total. The van der Waals surface area contributed by atoms with Crippen molar-refractivity contribution in [1.29, 1.82) is 5.26 Å². The van der Waals surface area contributed by atoms with Gasteiger partial charge in [0, 0.05) is 39.5 Å². The number of aliphatic hydroxyl groups excluding tert-OH is 1. The molecule has 1 N–H and O–H groups in total. The fourth-order valence-electron chi connectivity index (χ4n) is 2.55. The van der Waals surface area contributed by atoms with E-state index in [9.17, 15) is 14.3 Å². The van der Waals surface area contributed by atoms with Gasteiger partial charge in [0.25, 0.3) is 0 Å². The number of pyridine rings is 1. The van der Waals surface area contributed by atoms with Crippen molar-refractivity contribution in [3.63, 3.8) is 0 Å². The van der Waals surface area contributed by atoms with E-state index in [0.29, 0.717) is 17.9 Å². The van der Waals surface area contributed by atoms with Crippen LogP contribution >= 0.6 is 0 Å². The molecule has 1 amide bonds. The van der Waals surface area contributed by atoms with Gasteiger partial charge in [0.05, 0.1) is 36.2 Å². The molecule has 1 aliphatic rings. The second-order valence-electron chi connectivity index (χ2n) is 5.69. The Morgan fingerprint density at radius 3 is 2.95 bits per heavy atom. The van der Waals surface area contributed by atoms with E-state index in [-0.39, 0.29) is 31.2 Å². The summed E-state index contributed by atoms with van der Waals surface area (Å²) >= 11 is 0. The minimum Gasteiger partial charge on any atom is -0.391 e. The molecule has 1 fully saturated rings. The van der Waals surface area contributed by atoms with Crippen molar-refractivity contribution >= 4 is 11.6 Å². The fraction of sp³-hybridized carbons (Fsp3) is 0.533. The van der Waals surface area contributed by atoms with Gasteiger partial charge in [-0.15, -0.1) is 0 Å². The maximum atomic E-state index is 14.0. The second kappa shape index (κ2) is 6.71. The van der Waals surface area contributed by atoms with Crippen molar-refractivity contribution in [3.8, 4) is 6.07 Å². The molecule has 2 atom stereocenters. The van der Waals surface area contributed by atoms with E-state index in [2.05, 4.69) is 4.98 Å². The number of carbonyl (C=O) groups excluding carboxylic acids is 1. The van der Waals surface area contributed by atoms with Crippen LogP contribution in [0.2, 0.25) is 0 Å². The van der Waals surface area contributed by atoms with Crippen LogP contribution in [0.5, 0.6) is 0 Å². The zero-order valence-corrected chi connectivity index (χ0v) is 12.7. The third kappa shape index (κ3) is 3.52. The van der Waals surface area contributed by atoms with E-state index < -0.39 is 11.9 Å². The molecular weight excluding hydrogens is 287 g/mol. The summed E-state index contributed by atoms with van der Waals surface area (Å²) in [4.78, 5) is 18.8. The number of anilines is 1. The van der Waals surface area contributed by atoms with Crippen LogP contribution in [-0.4, -0.2) is 54.2 Å². The Balaban J connectivity index is 2.13. The van der Waals surface area contributed by atoms with Crippen LogP contribution in [-0.2, 0) is 11.2 Å². The quantitative estimate of drug-likeness (QED) is 0.879. The Morgan fingerprint density at radius 1 is 1.59 bits per heavy atom. The van der Waals surface area contributed by atoms with E-state index in [1.807, 2.05) is 6.07 Å². The lowest BCUT2D eigenvalue weighted by Crippen LogP contribution is -2.28. The standard InChI is InChI=1S/C15H19FN4O2/c1-19(2)15(22)5-10-8-20(9-14(10)21)13-6-11(3-4-17)18-7-12(13)16/h6-7,10,14,21H,3,5,8-9H2,1-2H3/t10-,14-/m1/s1. The summed E-state index contributed by atoms with van der Waals surface area (Å²) in [5, 5.41) is 18.8. The van der Waals surface area contributed by atoms with Gasteiger partial charge in [-0.2, -0.15) is 5.26 Å². The second-order valence-corrected chi connectivity index (χ2v) is 5.69. The number of hydrogen-bond acceptors (Lipinski definition) is 5. The summed E-state index contributed by atoms with van der Waals surface area (Å²) in [5.41, 5.74) is 0.806. The van der Waals surface area contributed by atoms with Crippen molar-refractivity contribution in [2.75, 3.05) is 32.1 Å². The van der Waals surface area contributed by atoms with Gasteiger partial charge >= 0.3 is 0 Å². The molecular formula is C15H19FN4O2. The highest BCUT2D eigenvalue weighted by Gasteiger charge is 2.34. The highest BCUT2D eigenvalue weighted by molar-refractivity contribution is 5.76. The molecule has 2 rings (SSSR count). The molecule has 1 aromatic rings. The molecule has 22 heavy (non-hydrogen) atoms. The van der Waals surface area contributed by atoms with Gasteiger partial charge in [-0.25, -0.2) is 4.39 Å². The molecule has 0 radical (unpaired) electrons. The van der Waals surface area contributed by atoms with Gasteiger partial charge in [0.2, 0.25) is 5.91 Å². The number of rotatable bonds is 4. The van der Waals surface area contributed by atoms with Crippen molar-refractivity contribution in [2.45, 2.75) is 18.9 Å². The summed E-state index contributed by atoms with van der Waals surface area (Å²) in [6.45, 7) is 0.659. The number of amides is 1. The third-order valence-corrected chi connectivity index (χ3v) is 3.83. The normalized spacial score (nSPS) is 20.8. The van der Waals surface area contributed by atoms with Crippen LogP contribution in [0.15, 0.2) is 12.3 Å². The minimum absolute atomic E-state index is 0.0636. The largest absolute Gasteiger partial charge is 0.391 e. The summed E-state index contributed by atoms with van der Waals surface area (Å²) in [7, 11) is 3.33. The summed E-state index contributed by atoms with van der Waals surface area (Å²) < 4.78 is 14.0. The average molecular weight is 306 g/mol. The molecule has 0 aliphatic carbocycles. The number of hydrogen-bond donors (Lipinski definition) is 1. The molecule has 1 aromatic heterocycles. The number of β-amino-alcohol motifs (C(OH)–C–C–N with tert-alkyl or cyclic N) is 1. The number of nitrogens with zero attached hydrogens (tertiary/aromatic N) is 4. The Bertz CT molecular complexity index is 600. The highest BCUT2D eigenvalue weighted by Crippen LogP contribution is 2.28. The van der Waals surface area contributed by atoms with Crippen LogP contribution in [0.1, 0.15) is 12.1 Å². The van der Waals surface area contributed by atoms with Crippen LogP contribution in [0.4, 0.5) is 10.1 Å². The average Bonchev–Trinajstić information content (AvgIpc) is 2.82. The van der Waals surface area contributed by atoms with E-state index in [1.54, 1.807) is 19.0 Å². The Labute approximate surface area is 128 Å². The lowest BCUT2D eigenvalue weighted by atomic mass is 10.0. The van der Waals surface area contributed by atoms with Gasteiger partial charge in [-0.3, -0.25) is 9.78 Å². The summed E-state index contributed by atoms with van der Waals surface area (Å²) in [6.07, 6.45) is 0.734. The SMILES string of the molecule is CN(C)C(=O)C[C@@H]1CN(c2cc(CC#N)ncc2F)C[C@H]1O. The lowest BCUT2D eigenvalue weighted by Gasteiger charge is -2.19. The van der Waals surface area contributed by atoms with E-state index in [1.165, 1.54) is 11.0 Å². The first-order valence-electron chi connectivity index (χ1n) is 7.07. The van der Waals surface area contributed by atoms with Crippen molar-refractivity contribution in [1.82, 2.24) is 9.88 Å². The van der Waals surface area contributed by atoms with E-state index in [4.69, 9.17) is 5.26 Å². The number of nitriles is 1. The lowest BCUT2D eigenvalue weighted by molar-refractivity contribution is -0.130. The molecule has 0 unspecified atom stereocenters. The zero-order valence-electron chi connectivity index (χ0n) is 12.7. The summed E-state index contributed by atoms with van der Waals surface area (Å²) in [6, 6.07) is 3.50.